The Kier molecular flexibility index (Phi) is 2.74. The average Bonchev–Trinajstić information content (AvgIpc) is 3.05. The Labute approximate surface area is 120 Å². The minimum absolute atomic E-state index is 0.352. The van der Waals surface area contributed by atoms with Gasteiger partial charge in [-0.1, -0.05) is 24.3 Å². The molecular formula is C18H21NO. The van der Waals surface area contributed by atoms with Gasteiger partial charge in [0, 0.05) is 0 Å². The highest BCUT2D eigenvalue weighted by Gasteiger charge is 2.56. The maximum atomic E-state index is 5.87. The van der Waals surface area contributed by atoms with Gasteiger partial charge in [0.05, 0.1) is 6.04 Å². The van der Waals surface area contributed by atoms with Crippen LogP contribution in [0.2, 0.25) is 0 Å². The zero-order valence-electron chi connectivity index (χ0n) is 12.1. The Morgan fingerprint density at radius 1 is 1.20 bits per heavy atom. The van der Waals surface area contributed by atoms with E-state index < -0.39 is 0 Å². The molecule has 1 N–H and O–H groups in total. The monoisotopic (exact) mass is 267 g/mol. The largest absolute Gasteiger partial charge is 0.465 e. The minimum atomic E-state index is 0.352. The number of nitrogens with one attached hydrogen (secondary N) is 1. The van der Waals surface area contributed by atoms with Crippen molar-refractivity contribution in [3.8, 4) is 0 Å². The molecule has 20 heavy (non-hydrogen) atoms. The molecule has 2 heteroatoms. The highest BCUT2D eigenvalue weighted by molar-refractivity contribution is 5.40. The average molecular weight is 267 g/mol. The molecule has 1 fully saturated rings. The van der Waals surface area contributed by atoms with Gasteiger partial charge in [-0.2, -0.15) is 0 Å². The zero-order valence-corrected chi connectivity index (χ0v) is 12.1. The highest BCUT2D eigenvalue weighted by atomic mass is 16.3. The Morgan fingerprint density at radius 3 is 2.80 bits per heavy atom. The van der Waals surface area contributed by atoms with E-state index in [-0.39, 0.29) is 0 Å². The number of rotatable bonds is 3. The molecule has 2 aliphatic carbocycles. The second-order valence-corrected chi connectivity index (χ2v) is 6.22. The van der Waals surface area contributed by atoms with Gasteiger partial charge in [-0.3, -0.25) is 0 Å². The SMILES string of the molecule is CNC(c1ccc(C)o1)C1C2CCc3ccccc3C21. The molecule has 1 saturated carbocycles. The lowest BCUT2D eigenvalue weighted by Gasteiger charge is -2.14. The summed E-state index contributed by atoms with van der Waals surface area (Å²) in [5, 5.41) is 3.49. The van der Waals surface area contributed by atoms with Crippen LogP contribution < -0.4 is 5.32 Å². The van der Waals surface area contributed by atoms with Crippen molar-refractivity contribution in [1.82, 2.24) is 5.32 Å². The molecule has 2 aromatic rings. The Balaban J connectivity index is 1.65. The molecule has 1 heterocycles. The van der Waals surface area contributed by atoms with Crippen molar-refractivity contribution in [3.63, 3.8) is 0 Å². The first-order valence-electron chi connectivity index (χ1n) is 7.61. The molecular weight excluding hydrogens is 246 g/mol. The summed E-state index contributed by atoms with van der Waals surface area (Å²) in [6.07, 6.45) is 2.56. The smallest absolute Gasteiger partial charge is 0.121 e. The Morgan fingerprint density at radius 2 is 2.05 bits per heavy atom. The lowest BCUT2D eigenvalue weighted by Crippen LogP contribution is -2.19. The van der Waals surface area contributed by atoms with Crippen LogP contribution in [-0.4, -0.2) is 7.05 Å². The standard InChI is InChI=1S/C18H21NO/c1-11-7-10-15(20-11)18(19-2)17-14-9-8-12-5-3-4-6-13(12)16(14)17/h3-7,10,14,16-19H,8-9H2,1-2H3. The van der Waals surface area contributed by atoms with Gasteiger partial charge in [0.2, 0.25) is 0 Å². The maximum absolute atomic E-state index is 5.87. The van der Waals surface area contributed by atoms with Crippen LogP contribution in [0.4, 0.5) is 0 Å². The molecule has 0 amide bonds. The zero-order chi connectivity index (χ0) is 13.7. The fourth-order valence-electron chi connectivity index (χ4n) is 4.22. The van der Waals surface area contributed by atoms with Crippen molar-refractivity contribution in [3.05, 3.63) is 59.0 Å². The molecule has 1 aromatic heterocycles. The van der Waals surface area contributed by atoms with Crippen LogP contribution in [0.25, 0.3) is 0 Å². The van der Waals surface area contributed by atoms with Gasteiger partial charge < -0.3 is 9.73 Å². The molecule has 4 atom stereocenters. The lowest BCUT2D eigenvalue weighted by molar-refractivity contribution is 0.376. The van der Waals surface area contributed by atoms with E-state index in [9.17, 15) is 0 Å². The van der Waals surface area contributed by atoms with Crippen molar-refractivity contribution in [2.24, 2.45) is 11.8 Å². The van der Waals surface area contributed by atoms with Crippen molar-refractivity contribution in [2.75, 3.05) is 7.05 Å². The third-order valence-electron chi connectivity index (χ3n) is 5.15. The van der Waals surface area contributed by atoms with Gasteiger partial charge in [-0.15, -0.1) is 0 Å². The van der Waals surface area contributed by atoms with Gasteiger partial charge in [-0.25, -0.2) is 0 Å². The van der Waals surface area contributed by atoms with E-state index in [2.05, 4.69) is 48.8 Å². The molecule has 104 valence electrons. The molecule has 0 spiro atoms. The van der Waals surface area contributed by atoms with E-state index in [1.165, 1.54) is 12.8 Å². The summed E-state index contributed by atoms with van der Waals surface area (Å²) in [6.45, 7) is 2.02. The summed E-state index contributed by atoms with van der Waals surface area (Å²) in [4.78, 5) is 0. The summed E-state index contributed by atoms with van der Waals surface area (Å²) < 4.78 is 5.87. The van der Waals surface area contributed by atoms with Gasteiger partial charge in [0.25, 0.3) is 0 Å². The van der Waals surface area contributed by atoms with Crippen LogP contribution in [0.15, 0.2) is 40.8 Å². The second-order valence-electron chi connectivity index (χ2n) is 6.22. The van der Waals surface area contributed by atoms with E-state index in [1.54, 1.807) is 11.1 Å². The van der Waals surface area contributed by atoms with E-state index in [0.717, 1.165) is 23.4 Å². The number of furan rings is 1. The van der Waals surface area contributed by atoms with E-state index in [4.69, 9.17) is 4.42 Å². The van der Waals surface area contributed by atoms with Crippen molar-refractivity contribution in [1.29, 1.82) is 0 Å². The van der Waals surface area contributed by atoms with Gasteiger partial charge in [-0.05, 0) is 67.8 Å². The third kappa shape index (κ3) is 1.75. The predicted octanol–water partition coefficient (Wildman–Crippen LogP) is 3.82. The summed E-state index contributed by atoms with van der Waals surface area (Å²) in [7, 11) is 2.05. The van der Waals surface area contributed by atoms with Crippen molar-refractivity contribution in [2.45, 2.75) is 31.7 Å². The highest BCUT2D eigenvalue weighted by Crippen LogP contribution is 2.64. The normalized spacial score (nSPS) is 28.6. The van der Waals surface area contributed by atoms with Gasteiger partial charge in [0.15, 0.2) is 0 Å². The minimum Gasteiger partial charge on any atom is -0.465 e. The first-order chi connectivity index (χ1) is 9.79. The first-order valence-corrected chi connectivity index (χ1v) is 7.61. The summed E-state index contributed by atoms with van der Waals surface area (Å²) >= 11 is 0. The van der Waals surface area contributed by atoms with E-state index in [1.807, 2.05) is 6.92 Å². The van der Waals surface area contributed by atoms with Crippen LogP contribution in [0.1, 0.15) is 41.0 Å². The summed E-state index contributed by atoms with van der Waals surface area (Å²) in [5.41, 5.74) is 3.14. The maximum Gasteiger partial charge on any atom is 0.121 e. The number of fused-ring (bicyclic) bond motifs is 3. The van der Waals surface area contributed by atoms with Crippen molar-refractivity contribution < 1.29 is 4.42 Å². The van der Waals surface area contributed by atoms with E-state index >= 15 is 0 Å². The van der Waals surface area contributed by atoms with Crippen LogP contribution in [-0.2, 0) is 6.42 Å². The number of hydrogen-bond donors (Lipinski definition) is 1. The first kappa shape index (κ1) is 12.2. The van der Waals surface area contributed by atoms with Crippen LogP contribution in [0.5, 0.6) is 0 Å². The van der Waals surface area contributed by atoms with Crippen molar-refractivity contribution >= 4 is 0 Å². The molecule has 4 rings (SSSR count). The molecule has 2 nitrogen and oxygen atoms in total. The molecule has 4 unspecified atom stereocenters. The Hall–Kier alpha value is -1.54. The van der Waals surface area contributed by atoms with Crippen LogP contribution >= 0.6 is 0 Å². The van der Waals surface area contributed by atoms with Crippen LogP contribution in [0, 0.1) is 18.8 Å². The topological polar surface area (TPSA) is 25.2 Å². The van der Waals surface area contributed by atoms with E-state index in [0.29, 0.717) is 12.0 Å². The summed E-state index contributed by atoms with van der Waals surface area (Å²) in [6, 6.07) is 13.5. The molecule has 0 bridgehead atoms. The number of benzene rings is 1. The molecule has 0 aliphatic heterocycles. The fourth-order valence-corrected chi connectivity index (χ4v) is 4.22. The quantitative estimate of drug-likeness (QED) is 0.914. The predicted molar refractivity (Wildman–Crippen MR) is 79.7 cm³/mol. The molecule has 0 saturated heterocycles. The fraction of sp³-hybridized carbons (Fsp3) is 0.444. The molecule has 0 radical (unpaired) electrons. The molecule has 2 aliphatic rings. The third-order valence-corrected chi connectivity index (χ3v) is 5.15. The lowest BCUT2D eigenvalue weighted by atomic mass is 9.92. The Bertz CT molecular complexity index is 630. The van der Waals surface area contributed by atoms with Gasteiger partial charge >= 0.3 is 0 Å². The van der Waals surface area contributed by atoms with Crippen LogP contribution in [0.3, 0.4) is 0 Å². The van der Waals surface area contributed by atoms with Gasteiger partial charge in [0.1, 0.15) is 11.5 Å². The second kappa shape index (κ2) is 4.49. The summed E-state index contributed by atoms with van der Waals surface area (Å²) in [5.74, 6) is 4.34. The molecule has 1 aromatic carbocycles. The number of hydrogen-bond acceptors (Lipinski definition) is 2. The number of aryl methyl sites for hydroxylation is 2.